The first kappa shape index (κ1) is 11.8. The van der Waals surface area contributed by atoms with Gasteiger partial charge in [0.15, 0.2) is 0 Å². The van der Waals surface area contributed by atoms with Gasteiger partial charge in [-0.1, -0.05) is 0 Å². The number of likely N-dealkylation sites (N-methyl/N-ethyl adjacent to an activating group) is 1. The van der Waals surface area contributed by atoms with Gasteiger partial charge in [-0.15, -0.1) is 0 Å². The second kappa shape index (κ2) is 4.98. The molecule has 0 radical (unpaired) electrons. The molecule has 0 aromatic heterocycles. The number of benzene rings is 1. The van der Waals surface area contributed by atoms with Crippen LogP contribution in [-0.4, -0.2) is 18.9 Å². The second-order valence-electron chi connectivity index (χ2n) is 3.43. The van der Waals surface area contributed by atoms with Gasteiger partial charge >= 0.3 is 0 Å². The Hall–Kier alpha value is -1.29. The third kappa shape index (κ3) is 3.40. The molecule has 82 valence electrons. The van der Waals surface area contributed by atoms with E-state index in [0.717, 1.165) is 6.07 Å². The highest BCUT2D eigenvalue weighted by Gasteiger charge is 2.13. The molecule has 1 rings (SSSR count). The molecule has 0 spiro atoms. The SMILES string of the molecule is CN[C@@H](Cc1cc(F)cc(F)c1)C(C)=O. The summed E-state index contributed by atoms with van der Waals surface area (Å²) in [6, 6.07) is 2.88. The van der Waals surface area contributed by atoms with E-state index in [2.05, 4.69) is 5.32 Å². The molecule has 0 amide bonds. The van der Waals surface area contributed by atoms with Crippen molar-refractivity contribution in [3.63, 3.8) is 0 Å². The summed E-state index contributed by atoms with van der Waals surface area (Å²) in [5.41, 5.74) is 0.474. The normalized spacial score (nSPS) is 12.5. The van der Waals surface area contributed by atoms with E-state index in [-0.39, 0.29) is 5.78 Å². The topological polar surface area (TPSA) is 29.1 Å². The lowest BCUT2D eigenvalue weighted by atomic mass is 10.0. The molecule has 1 atom stereocenters. The van der Waals surface area contributed by atoms with Gasteiger partial charge < -0.3 is 5.32 Å². The molecule has 0 saturated carbocycles. The van der Waals surface area contributed by atoms with Crippen molar-refractivity contribution < 1.29 is 13.6 Å². The summed E-state index contributed by atoms with van der Waals surface area (Å²) in [7, 11) is 1.64. The lowest BCUT2D eigenvalue weighted by Gasteiger charge is -2.12. The van der Waals surface area contributed by atoms with Crippen LogP contribution in [-0.2, 0) is 11.2 Å². The molecule has 1 aromatic rings. The molecule has 0 unspecified atom stereocenters. The Labute approximate surface area is 87.3 Å². The maximum absolute atomic E-state index is 12.8. The van der Waals surface area contributed by atoms with Crippen LogP contribution < -0.4 is 5.32 Å². The van der Waals surface area contributed by atoms with Crippen LogP contribution >= 0.6 is 0 Å². The molecule has 0 aliphatic rings. The van der Waals surface area contributed by atoms with E-state index in [0.29, 0.717) is 12.0 Å². The second-order valence-corrected chi connectivity index (χ2v) is 3.43. The van der Waals surface area contributed by atoms with E-state index in [1.54, 1.807) is 7.05 Å². The first-order valence-electron chi connectivity index (χ1n) is 4.65. The quantitative estimate of drug-likeness (QED) is 0.824. The van der Waals surface area contributed by atoms with Crippen molar-refractivity contribution >= 4 is 5.78 Å². The maximum Gasteiger partial charge on any atom is 0.147 e. The average molecular weight is 213 g/mol. The first-order chi connectivity index (χ1) is 7.02. The zero-order chi connectivity index (χ0) is 11.4. The maximum atomic E-state index is 12.8. The minimum Gasteiger partial charge on any atom is -0.310 e. The molecule has 0 aliphatic carbocycles. The van der Waals surface area contributed by atoms with Crippen LogP contribution in [0.3, 0.4) is 0 Å². The lowest BCUT2D eigenvalue weighted by Crippen LogP contribution is -2.34. The van der Waals surface area contributed by atoms with Gasteiger partial charge in [0.2, 0.25) is 0 Å². The number of halogens is 2. The Morgan fingerprint density at radius 3 is 2.27 bits per heavy atom. The van der Waals surface area contributed by atoms with E-state index in [1.165, 1.54) is 19.1 Å². The fourth-order valence-electron chi connectivity index (χ4n) is 1.41. The molecular formula is C11H13F2NO. The van der Waals surface area contributed by atoms with Gasteiger partial charge in [-0.25, -0.2) is 8.78 Å². The Morgan fingerprint density at radius 2 is 1.87 bits per heavy atom. The van der Waals surface area contributed by atoms with Crippen molar-refractivity contribution in [3.05, 3.63) is 35.4 Å². The first-order valence-corrected chi connectivity index (χ1v) is 4.65. The third-order valence-electron chi connectivity index (χ3n) is 2.20. The van der Waals surface area contributed by atoms with Crippen molar-refractivity contribution in [3.8, 4) is 0 Å². The van der Waals surface area contributed by atoms with Crippen molar-refractivity contribution in [1.82, 2.24) is 5.32 Å². The van der Waals surface area contributed by atoms with Crippen LogP contribution in [0.25, 0.3) is 0 Å². The molecular weight excluding hydrogens is 200 g/mol. The van der Waals surface area contributed by atoms with Gasteiger partial charge in [0.25, 0.3) is 0 Å². The van der Waals surface area contributed by atoms with Crippen LogP contribution in [0.4, 0.5) is 8.78 Å². The van der Waals surface area contributed by atoms with E-state index >= 15 is 0 Å². The standard InChI is InChI=1S/C11H13F2NO/c1-7(15)11(14-2)5-8-3-9(12)6-10(13)4-8/h3-4,6,11,14H,5H2,1-2H3/t11-/m0/s1. The monoisotopic (exact) mass is 213 g/mol. The van der Waals surface area contributed by atoms with E-state index in [1.807, 2.05) is 0 Å². The molecule has 1 aromatic carbocycles. The number of hydrogen-bond acceptors (Lipinski definition) is 2. The van der Waals surface area contributed by atoms with Crippen LogP contribution in [0.5, 0.6) is 0 Å². The summed E-state index contributed by atoms with van der Waals surface area (Å²) >= 11 is 0. The zero-order valence-electron chi connectivity index (χ0n) is 8.68. The average Bonchev–Trinajstić information content (AvgIpc) is 2.12. The smallest absolute Gasteiger partial charge is 0.147 e. The Balaban J connectivity index is 2.83. The van der Waals surface area contributed by atoms with Crippen molar-refractivity contribution in [2.75, 3.05) is 7.05 Å². The molecule has 2 nitrogen and oxygen atoms in total. The third-order valence-corrected chi connectivity index (χ3v) is 2.20. The van der Waals surface area contributed by atoms with E-state index in [9.17, 15) is 13.6 Å². The molecule has 0 saturated heterocycles. The highest BCUT2D eigenvalue weighted by Crippen LogP contribution is 2.10. The molecule has 0 bridgehead atoms. The summed E-state index contributed by atoms with van der Waals surface area (Å²) < 4.78 is 25.7. The molecule has 0 fully saturated rings. The number of hydrogen-bond donors (Lipinski definition) is 1. The number of nitrogens with one attached hydrogen (secondary N) is 1. The van der Waals surface area contributed by atoms with Gasteiger partial charge in [0.05, 0.1) is 6.04 Å². The highest BCUT2D eigenvalue weighted by atomic mass is 19.1. The van der Waals surface area contributed by atoms with Crippen molar-refractivity contribution in [2.45, 2.75) is 19.4 Å². The van der Waals surface area contributed by atoms with E-state index < -0.39 is 17.7 Å². The summed E-state index contributed by atoms with van der Waals surface area (Å²) in [5.74, 6) is -1.30. The summed E-state index contributed by atoms with van der Waals surface area (Å²) in [5, 5.41) is 2.79. The predicted octanol–water partition coefficient (Wildman–Crippen LogP) is 1.68. The number of carbonyl (C=O) groups is 1. The Kier molecular flexibility index (Phi) is 3.91. The number of rotatable bonds is 4. The predicted molar refractivity (Wildman–Crippen MR) is 53.6 cm³/mol. The summed E-state index contributed by atoms with van der Waals surface area (Å²) in [6.45, 7) is 1.44. The molecule has 15 heavy (non-hydrogen) atoms. The molecule has 0 aliphatic heterocycles. The lowest BCUT2D eigenvalue weighted by molar-refractivity contribution is -0.118. The van der Waals surface area contributed by atoms with Crippen LogP contribution in [0.2, 0.25) is 0 Å². The van der Waals surface area contributed by atoms with Gasteiger partial charge in [0, 0.05) is 6.07 Å². The minimum atomic E-state index is -0.622. The number of carbonyl (C=O) groups excluding carboxylic acids is 1. The van der Waals surface area contributed by atoms with Crippen molar-refractivity contribution in [2.24, 2.45) is 0 Å². The summed E-state index contributed by atoms with van der Waals surface area (Å²) in [4.78, 5) is 11.1. The Bertz CT molecular complexity index is 345. The number of ketones is 1. The molecule has 0 heterocycles. The van der Waals surface area contributed by atoms with Crippen LogP contribution in [0, 0.1) is 11.6 Å². The van der Waals surface area contributed by atoms with Crippen LogP contribution in [0.1, 0.15) is 12.5 Å². The van der Waals surface area contributed by atoms with Gasteiger partial charge in [-0.2, -0.15) is 0 Å². The fourth-order valence-corrected chi connectivity index (χ4v) is 1.41. The molecule has 4 heteroatoms. The van der Waals surface area contributed by atoms with Gasteiger partial charge in [-0.05, 0) is 38.1 Å². The Morgan fingerprint density at radius 1 is 1.33 bits per heavy atom. The largest absolute Gasteiger partial charge is 0.310 e. The molecule has 1 N–H and O–H groups in total. The zero-order valence-corrected chi connectivity index (χ0v) is 8.68. The van der Waals surface area contributed by atoms with E-state index in [4.69, 9.17) is 0 Å². The fraction of sp³-hybridized carbons (Fsp3) is 0.364. The van der Waals surface area contributed by atoms with Crippen molar-refractivity contribution in [1.29, 1.82) is 0 Å². The minimum absolute atomic E-state index is 0.0535. The summed E-state index contributed by atoms with van der Waals surface area (Å²) in [6.07, 6.45) is 0.292. The number of Topliss-reactive ketones (excluding diaryl/α,β-unsaturated/α-hetero) is 1. The van der Waals surface area contributed by atoms with Gasteiger partial charge in [0.1, 0.15) is 17.4 Å². The highest BCUT2D eigenvalue weighted by molar-refractivity contribution is 5.81. The van der Waals surface area contributed by atoms with Gasteiger partial charge in [-0.3, -0.25) is 4.79 Å². The van der Waals surface area contributed by atoms with Crippen LogP contribution in [0.15, 0.2) is 18.2 Å².